The van der Waals surface area contributed by atoms with E-state index in [0.717, 1.165) is 17.7 Å². The van der Waals surface area contributed by atoms with E-state index in [1.807, 2.05) is 49.4 Å². The molecule has 0 unspecified atom stereocenters. The predicted octanol–water partition coefficient (Wildman–Crippen LogP) is 3.68. The Morgan fingerprint density at radius 2 is 1.93 bits per heavy atom. The zero-order valence-electron chi connectivity index (χ0n) is 16.4. The van der Waals surface area contributed by atoms with Gasteiger partial charge in [-0.1, -0.05) is 49.0 Å². The third kappa shape index (κ3) is 5.74. The lowest BCUT2D eigenvalue weighted by Crippen LogP contribution is -2.24. The molecule has 0 saturated heterocycles. The van der Waals surface area contributed by atoms with Gasteiger partial charge in [-0.05, 0) is 43.2 Å². The van der Waals surface area contributed by atoms with Crippen LogP contribution in [0.5, 0.6) is 5.75 Å². The molecule has 0 aliphatic carbocycles. The lowest BCUT2D eigenvalue weighted by molar-refractivity contribution is -0.115. The minimum Gasteiger partial charge on any atom is -0.489 e. The Hall–Kier alpha value is -3.00. The molecule has 2 N–H and O–H groups in total. The molecule has 29 heavy (non-hydrogen) atoms. The fourth-order valence-electron chi connectivity index (χ4n) is 2.64. The number of aromatic amines is 1. The van der Waals surface area contributed by atoms with Crippen LogP contribution < -0.4 is 15.7 Å². The highest BCUT2D eigenvalue weighted by atomic mass is 32.2. The third-order valence-corrected chi connectivity index (χ3v) is 5.28. The summed E-state index contributed by atoms with van der Waals surface area (Å²) in [6.45, 7) is 4.82. The maximum Gasteiger partial charge on any atom is 0.343 e. The molecule has 1 aromatic heterocycles. The van der Waals surface area contributed by atoms with Gasteiger partial charge < -0.3 is 10.1 Å². The molecule has 0 spiro atoms. The van der Waals surface area contributed by atoms with E-state index in [1.54, 1.807) is 23.6 Å². The van der Waals surface area contributed by atoms with Crippen molar-refractivity contribution < 1.29 is 9.53 Å². The van der Waals surface area contributed by atoms with Crippen LogP contribution >= 0.6 is 11.8 Å². The van der Waals surface area contributed by atoms with Gasteiger partial charge in [0.05, 0.1) is 5.25 Å². The summed E-state index contributed by atoms with van der Waals surface area (Å²) >= 11 is 1.25. The maximum atomic E-state index is 12.5. The standard InChI is InChI=1S/C21H24N4O3S/c1-3-13-25-20(27)23-24-21(25)29-15(2)19(26)22-17-9-11-18(12-10-17)28-14-16-7-5-4-6-8-16/h4-12,15H,3,13-14H2,1-2H3,(H,22,26)(H,23,27)/t15-/m0/s1. The fourth-order valence-corrected chi connectivity index (χ4v) is 3.53. The van der Waals surface area contributed by atoms with Crippen molar-refractivity contribution in [1.82, 2.24) is 14.8 Å². The normalized spacial score (nSPS) is 11.8. The first-order chi connectivity index (χ1) is 14.1. The number of carbonyl (C=O) groups excluding carboxylic acids is 1. The summed E-state index contributed by atoms with van der Waals surface area (Å²) in [4.78, 5) is 24.3. The second-order valence-electron chi connectivity index (χ2n) is 6.51. The Balaban J connectivity index is 1.54. The average Bonchev–Trinajstić information content (AvgIpc) is 3.08. The smallest absolute Gasteiger partial charge is 0.343 e. The van der Waals surface area contributed by atoms with E-state index in [-0.39, 0.29) is 11.6 Å². The highest BCUT2D eigenvalue weighted by Crippen LogP contribution is 2.22. The van der Waals surface area contributed by atoms with Gasteiger partial charge in [-0.2, -0.15) is 0 Å². The Kier molecular flexibility index (Phi) is 7.13. The van der Waals surface area contributed by atoms with Gasteiger partial charge in [0.25, 0.3) is 0 Å². The minimum absolute atomic E-state index is 0.161. The summed E-state index contributed by atoms with van der Waals surface area (Å²) in [5.74, 6) is 0.570. The van der Waals surface area contributed by atoms with Crippen LogP contribution in [0.2, 0.25) is 0 Å². The van der Waals surface area contributed by atoms with E-state index in [9.17, 15) is 9.59 Å². The van der Waals surface area contributed by atoms with Crippen LogP contribution in [0.3, 0.4) is 0 Å². The van der Waals surface area contributed by atoms with Crippen molar-refractivity contribution in [2.45, 2.75) is 43.8 Å². The van der Waals surface area contributed by atoms with Crippen molar-refractivity contribution in [3.8, 4) is 5.75 Å². The van der Waals surface area contributed by atoms with Gasteiger partial charge in [0, 0.05) is 12.2 Å². The highest BCUT2D eigenvalue weighted by molar-refractivity contribution is 8.00. The van der Waals surface area contributed by atoms with Crippen molar-refractivity contribution >= 4 is 23.4 Å². The molecule has 0 saturated carbocycles. The Bertz CT molecular complexity index is 983. The van der Waals surface area contributed by atoms with Gasteiger partial charge >= 0.3 is 5.69 Å². The summed E-state index contributed by atoms with van der Waals surface area (Å²) < 4.78 is 7.30. The van der Waals surface area contributed by atoms with Gasteiger partial charge in [0.1, 0.15) is 12.4 Å². The van der Waals surface area contributed by atoms with Crippen molar-refractivity contribution in [2.75, 3.05) is 5.32 Å². The second kappa shape index (κ2) is 9.97. The molecule has 152 valence electrons. The van der Waals surface area contributed by atoms with Crippen LogP contribution in [0.15, 0.2) is 64.5 Å². The van der Waals surface area contributed by atoms with Crippen LogP contribution in [0.1, 0.15) is 25.8 Å². The zero-order chi connectivity index (χ0) is 20.6. The van der Waals surface area contributed by atoms with Gasteiger partial charge in [0.15, 0.2) is 5.16 Å². The molecule has 3 aromatic rings. The summed E-state index contributed by atoms with van der Waals surface area (Å²) in [5.41, 5.74) is 1.52. The Labute approximate surface area is 173 Å². The molecule has 0 aliphatic rings. The Morgan fingerprint density at radius 1 is 1.21 bits per heavy atom. The highest BCUT2D eigenvalue weighted by Gasteiger charge is 2.19. The number of hydrogen-bond donors (Lipinski definition) is 2. The van der Waals surface area contributed by atoms with Crippen LogP contribution in [-0.2, 0) is 17.9 Å². The predicted molar refractivity (Wildman–Crippen MR) is 114 cm³/mol. The van der Waals surface area contributed by atoms with Crippen molar-refractivity contribution in [3.63, 3.8) is 0 Å². The molecule has 1 amide bonds. The first kappa shape index (κ1) is 20.7. The summed E-state index contributed by atoms with van der Waals surface area (Å²) in [6.07, 6.45) is 0.812. The summed E-state index contributed by atoms with van der Waals surface area (Å²) in [7, 11) is 0. The quantitative estimate of drug-likeness (QED) is 0.524. The number of aromatic nitrogens is 3. The van der Waals surface area contributed by atoms with Crippen LogP contribution in [0.25, 0.3) is 0 Å². The van der Waals surface area contributed by atoms with Gasteiger partial charge in [-0.15, -0.1) is 5.10 Å². The number of rotatable bonds is 9. The Morgan fingerprint density at radius 3 is 2.62 bits per heavy atom. The van der Waals surface area contributed by atoms with Gasteiger partial charge in [-0.3, -0.25) is 9.36 Å². The molecule has 0 fully saturated rings. The van der Waals surface area contributed by atoms with E-state index in [4.69, 9.17) is 4.74 Å². The first-order valence-corrected chi connectivity index (χ1v) is 10.3. The zero-order valence-corrected chi connectivity index (χ0v) is 17.2. The van der Waals surface area contributed by atoms with Crippen LogP contribution in [0, 0.1) is 0 Å². The molecular formula is C21H24N4O3S. The number of anilines is 1. The largest absolute Gasteiger partial charge is 0.489 e. The number of thioether (sulfide) groups is 1. The number of hydrogen-bond acceptors (Lipinski definition) is 5. The van der Waals surface area contributed by atoms with Gasteiger partial charge in [-0.25, -0.2) is 9.89 Å². The molecule has 1 atom stereocenters. The molecule has 1 heterocycles. The number of benzene rings is 2. The van der Waals surface area contributed by atoms with Crippen LogP contribution in [-0.4, -0.2) is 25.9 Å². The summed E-state index contributed by atoms with van der Waals surface area (Å²) in [6, 6.07) is 17.2. The van der Waals surface area contributed by atoms with Gasteiger partial charge in [0.2, 0.25) is 5.91 Å². The minimum atomic E-state index is -0.408. The fraction of sp³-hybridized carbons (Fsp3) is 0.286. The first-order valence-electron chi connectivity index (χ1n) is 9.46. The van der Waals surface area contributed by atoms with Crippen molar-refractivity contribution in [3.05, 3.63) is 70.6 Å². The third-order valence-electron chi connectivity index (χ3n) is 4.19. The van der Waals surface area contributed by atoms with E-state index in [1.165, 1.54) is 11.8 Å². The van der Waals surface area contributed by atoms with Crippen LogP contribution in [0.4, 0.5) is 5.69 Å². The molecule has 0 aliphatic heterocycles. The molecular weight excluding hydrogens is 388 g/mol. The lowest BCUT2D eigenvalue weighted by Gasteiger charge is -2.12. The monoisotopic (exact) mass is 412 g/mol. The number of amides is 1. The van der Waals surface area contributed by atoms with E-state index in [2.05, 4.69) is 15.5 Å². The van der Waals surface area contributed by atoms with E-state index in [0.29, 0.717) is 24.0 Å². The number of nitrogens with zero attached hydrogens (tertiary/aromatic N) is 2. The average molecular weight is 413 g/mol. The van der Waals surface area contributed by atoms with E-state index >= 15 is 0 Å². The molecule has 7 nitrogen and oxygen atoms in total. The molecule has 0 bridgehead atoms. The SMILES string of the molecule is CCCn1c(S[C@@H](C)C(=O)Nc2ccc(OCc3ccccc3)cc2)n[nH]c1=O. The van der Waals surface area contributed by atoms with E-state index < -0.39 is 5.25 Å². The number of nitrogens with one attached hydrogen (secondary N) is 2. The molecule has 8 heteroatoms. The molecule has 0 radical (unpaired) electrons. The molecule has 3 rings (SSSR count). The van der Waals surface area contributed by atoms with Crippen molar-refractivity contribution in [1.29, 1.82) is 0 Å². The van der Waals surface area contributed by atoms with Crippen molar-refractivity contribution in [2.24, 2.45) is 0 Å². The summed E-state index contributed by atoms with van der Waals surface area (Å²) in [5, 5.41) is 9.44. The molecule has 2 aromatic carbocycles. The second-order valence-corrected chi connectivity index (χ2v) is 7.82. The number of carbonyl (C=O) groups is 1. The maximum absolute atomic E-state index is 12.5. The lowest BCUT2D eigenvalue weighted by atomic mass is 10.2. The number of ether oxygens (including phenoxy) is 1. The topological polar surface area (TPSA) is 89.0 Å². The number of H-pyrrole nitrogens is 1.